The number of hydrogen-bond donors (Lipinski definition) is 0. The second kappa shape index (κ2) is 7.11. The summed E-state index contributed by atoms with van der Waals surface area (Å²) in [4.78, 5) is 13.0. The number of rotatable bonds is 6. The van der Waals surface area contributed by atoms with Crippen molar-refractivity contribution in [3.05, 3.63) is 25.3 Å². The Morgan fingerprint density at radius 1 is 1.38 bits per heavy atom. The summed E-state index contributed by atoms with van der Waals surface area (Å²) in [6.45, 7) is 8.12. The number of carbonyl (C=O) groups excluding carboxylic acids is 1. The smallest absolute Gasteiger partial charge is 0.224 e. The zero-order valence-electron chi connectivity index (χ0n) is 7.70. The van der Waals surface area contributed by atoms with Gasteiger partial charge >= 0.3 is 0 Å². The Morgan fingerprint density at radius 2 is 1.92 bits per heavy atom. The molecular formula is C10H14N2O. The molecule has 0 aromatic carbocycles. The SMILES string of the molecule is C=CCN(CC=C)C(=O)CCC#N. The molecule has 3 heteroatoms. The first-order valence-electron chi connectivity index (χ1n) is 4.12. The topological polar surface area (TPSA) is 44.1 Å². The van der Waals surface area contributed by atoms with Gasteiger partial charge in [0.1, 0.15) is 0 Å². The Balaban J connectivity index is 4.03. The predicted octanol–water partition coefficient (Wildman–Crippen LogP) is 1.49. The molecule has 0 aliphatic carbocycles. The van der Waals surface area contributed by atoms with Gasteiger partial charge in [0.05, 0.1) is 6.07 Å². The van der Waals surface area contributed by atoms with Gasteiger partial charge in [0.25, 0.3) is 0 Å². The van der Waals surface area contributed by atoms with E-state index in [2.05, 4.69) is 13.2 Å². The van der Waals surface area contributed by atoms with Gasteiger partial charge in [0.15, 0.2) is 0 Å². The summed E-state index contributed by atoms with van der Waals surface area (Å²) in [6, 6.07) is 1.94. The van der Waals surface area contributed by atoms with Crippen LogP contribution in [0.3, 0.4) is 0 Å². The quantitative estimate of drug-likeness (QED) is 0.578. The normalized spacial score (nSPS) is 8.54. The first-order valence-corrected chi connectivity index (χ1v) is 4.12. The standard InChI is InChI=1S/C10H14N2O/c1-3-8-12(9-4-2)10(13)6-5-7-11/h3-4H,1-2,5-6,8-9H2. The highest BCUT2D eigenvalue weighted by Gasteiger charge is 2.08. The fraction of sp³-hybridized carbons (Fsp3) is 0.400. The van der Waals surface area contributed by atoms with E-state index in [1.54, 1.807) is 17.1 Å². The van der Waals surface area contributed by atoms with Crippen molar-refractivity contribution >= 4 is 5.91 Å². The highest BCUT2D eigenvalue weighted by Crippen LogP contribution is 1.97. The Labute approximate surface area is 79.0 Å². The maximum atomic E-state index is 11.4. The number of nitrogens with zero attached hydrogens (tertiary/aromatic N) is 2. The molecule has 0 heterocycles. The number of hydrogen-bond acceptors (Lipinski definition) is 2. The lowest BCUT2D eigenvalue weighted by Crippen LogP contribution is -2.30. The molecule has 0 bridgehead atoms. The Hall–Kier alpha value is -1.56. The molecule has 70 valence electrons. The second-order valence-corrected chi connectivity index (χ2v) is 2.53. The number of nitriles is 1. The van der Waals surface area contributed by atoms with Crippen LogP contribution in [0.2, 0.25) is 0 Å². The third-order valence-electron chi connectivity index (χ3n) is 1.50. The van der Waals surface area contributed by atoms with Crippen LogP contribution in [0.15, 0.2) is 25.3 Å². The second-order valence-electron chi connectivity index (χ2n) is 2.53. The number of carbonyl (C=O) groups is 1. The fourth-order valence-electron chi connectivity index (χ4n) is 0.911. The molecule has 0 radical (unpaired) electrons. The maximum absolute atomic E-state index is 11.4. The van der Waals surface area contributed by atoms with Gasteiger partial charge in [-0.15, -0.1) is 13.2 Å². The van der Waals surface area contributed by atoms with E-state index in [-0.39, 0.29) is 18.7 Å². The van der Waals surface area contributed by atoms with E-state index >= 15 is 0 Å². The van der Waals surface area contributed by atoms with Crippen LogP contribution >= 0.6 is 0 Å². The van der Waals surface area contributed by atoms with Crippen molar-refractivity contribution in [2.24, 2.45) is 0 Å². The van der Waals surface area contributed by atoms with Gasteiger partial charge in [-0.1, -0.05) is 12.2 Å². The van der Waals surface area contributed by atoms with E-state index in [1.165, 1.54) is 0 Å². The third-order valence-corrected chi connectivity index (χ3v) is 1.50. The lowest BCUT2D eigenvalue weighted by molar-refractivity contribution is -0.130. The minimum atomic E-state index is -0.0265. The van der Waals surface area contributed by atoms with E-state index in [4.69, 9.17) is 5.26 Å². The van der Waals surface area contributed by atoms with Crippen LogP contribution in [-0.2, 0) is 4.79 Å². The highest BCUT2D eigenvalue weighted by molar-refractivity contribution is 5.76. The van der Waals surface area contributed by atoms with Crippen molar-refractivity contribution < 1.29 is 4.79 Å². The summed E-state index contributed by atoms with van der Waals surface area (Å²) in [5.41, 5.74) is 0. The minimum Gasteiger partial charge on any atom is -0.335 e. The third kappa shape index (κ3) is 4.81. The van der Waals surface area contributed by atoms with Crippen molar-refractivity contribution in [3.63, 3.8) is 0 Å². The Morgan fingerprint density at radius 3 is 2.31 bits per heavy atom. The van der Waals surface area contributed by atoms with Crippen molar-refractivity contribution in [3.8, 4) is 6.07 Å². The zero-order valence-corrected chi connectivity index (χ0v) is 7.70. The molecule has 0 aliphatic rings. The zero-order chi connectivity index (χ0) is 10.1. The van der Waals surface area contributed by atoms with E-state index < -0.39 is 0 Å². The van der Waals surface area contributed by atoms with Crippen LogP contribution < -0.4 is 0 Å². The molecule has 0 spiro atoms. The Bertz CT molecular complexity index is 218. The van der Waals surface area contributed by atoms with E-state index in [0.717, 1.165) is 0 Å². The monoisotopic (exact) mass is 178 g/mol. The summed E-state index contributed by atoms with van der Waals surface area (Å²) in [6.07, 6.45) is 3.86. The molecule has 0 N–H and O–H groups in total. The summed E-state index contributed by atoms with van der Waals surface area (Å²) in [5.74, 6) is -0.0265. The molecule has 0 unspecified atom stereocenters. The van der Waals surface area contributed by atoms with Crippen molar-refractivity contribution in [2.45, 2.75) is 12.8 Å². The molecule has 13 heavy (non-hydrogen) atoms. The molecular weight excluding hydrogens is 164 g/mol. The molecule has 1 amide bonds. The fourth-order valence-corrected chi connectivity index (χ4v) is 0.911. The molecule has 0 saturated heterocycles. The van der Waals surface area contributed by atoms with Crippen LogP contribution in [0.25, 0.3) is 0 Å². The van der Waals surface area contributed by atoms with Gasteiger partial charge < -0.3 is 4.90 Å². The first kappa shape index (κ1) is 11.4. The predicted molar refractivity (Wildman–Crippen MR) is 51.8 cm³/mol. The summed E-state index contributed by atoms with van der Waals surface area (Å²) >= 11 is 0. The van der Waals surface area contributed by atoms with Crippen molar-refractivity contribution in [1.29, 1.82) is 5.26 Å². The van der Waals surface area contributed by atoms with Crippen molar-refractivity contribution in [2.75, 3.05) is 13.1 Å². The molecule has 0 fully saturated rings. The van der Waals surface area contributed by atoms with Gasteiger partial charge in [0.2, 0.25) is 5.91 Å². The summed E-state index contributed by atoms with van der Waals surface area (Å²) in [5, 5.41) is 8.30. The van der Waals surface area contributed by atoms with Gasteiger partial charge in [0, 0.05) is 25.9 Å². The summed E-state index contributed by atoms with van der Waals surface area (Å²) < 4.78 is 0. The molecule has 0 rings (SSSR count). The molecule has 0 saturated carbocycles. The highest BCUT2D eigenvalue weighted by atomic mass is 16.2. The van der Waals surface area contributed by atoms with Gasteiger partial charge in [-0.05, 0) is 0 Å². The van der Waals surface area contributed by atoms with E-state index in [0.29, 0.717) is 13.1 Å². The van der Waals surface area contributed by atoms with Crippen LogP contribution in [0, 0.1) is 11.3 Å². The van der Waals surface area contributed by atoms with Crippen LogP contribution in [0.5, 0.6) is 0 Å². The minimum absolute atomic E-state index is 0.0265. The first-order chi connectivity index (χ1) is 6.26. The average Bonchev–Trinajstić information content (AvgIpc) is 2.14. The van der Waals surface area contributed by atoms with Crippen LogP contribution in [0.4, 0.5) is 0 Å². The molecule has 0 aromatic heterocycles. The van der Waals surface area contributed by atoms with E-state index in [1.807, 2.05) is 6.07 Å². The lowest BCUT2D eigenvalue weighted by atomic mass is 10.3. The molecule has 3 nitrogen and oxygen atoms in total. The van der Waals surface area contributed by atoms with Crippen LogP contribution in [0.1, 0.15) is 12.8 Å². The largest absolute Gasteiger partial charge is 0.335 e. The summed E-state index contributed by atoms with van der Waals surface area (Å²) in [7, 11) is 0. The lowest BCUT2D eigenvalue weighted by Gasteiger charge is -2.18. The molecule has 0 aliphatic heterocycles. The van der Waals surface area contributed by atoms with Crippen LogP contribution in [-0.4, -0.2) is 23.9 Å². The van der Waals surface area contributed by atoms with E-state index in [9.17, 15) is 4.79 Å². The van der Waals surface area contributed by atoms with Gasteiger partial charge in [-0.25, -0.2) is 0 Å². The molecule has 0 atom stereocenters. The maximum Gasteiger partial charge on any atom is 0.224 e. The average molecular weight is 178 g/mol. The Kier molecular flexibility index (Phi) is 6.26. The number of amides is 1. The van der Waals surface area contributed by atoms with Crippen molar-refractivity contribution in [1.82, 2.24) is 4.90 Å². The van der Waals surface area contributed by atoms with Gasteiger partial charge in [-0.3, -0.25) is 4.79 Å². The van der Waals surface area contributed by atoms with Gasteiger partial charge in [-0.2, -0.15) is 5.26 Å². The molecule has 0 aromatic rings.